The van der Waals surface area contributed by atoms with Crippen molar-refractivity contribution in [2.75, 3.05) is 50.0 Å². The molecule has 0 aromatic heterocycles. The van der Waals surface area contributed by atoms with Gasteiger partial charge in [-0.2, -0.15) is 37.9 Å². The van der Waals surface area contributed by atoms with Crippen molar-refractivity contribution in [3.63, 3.8) is 0 Å². The summed E-state index contributed by atoms with van der Waals surface area (Å²) in [5.74, 6) is -26.8. The molecule has 50 nitrogen and oxygen atoms in total. The molecule has 696 valence electrons. The predicted octanol–water partition coefficient (Wildman–Crippen LogP) is -12.4. The van der Waals surface area contributed by atoms with Gasteiger partial charge in [0.1, 0.15) is 90.6 Å². The van der Waals surface area contributed by atoms with E-state index in [2.05, 4.69) is 128 Å². The van der Waals surface area contributed by atoms with E-state index in [0.29, 0.717) is 5.56 Å². The summed E-state index contributed by atoms with van der Waals surface area (Å²) in [5, 5.41) is 74.1. The summed E-state index contributed by atoms with van der Waals surface area (Å²) in [7, 11) is 0. The Morgan fingerprint density at radius 3 is 1.25 bits per heavy atom. The van der Waals surface area contributed by atoms with Gasteiger partial charge in [-0.25, -0.2) is 0 Å². The van der Waals surface area contributed by atoms with E-state index in [1.54, 1.807) is 44.2 Å². The van der Waals surface area contributed by atoms with E-state index in [9.17, 15) is 121 Å². The monoisotopic (exact) mass is 1830 g/mol. The minimum absolute atomic E-state index is 0.0171. The zero-order valence-electron chi connectivity index (χ0n) is 69.1. The Kier molecular flexibility index (Phi) is 48.4. The van der Waals surface area contributed by atoms with Crippen molar-refractivity contribution in [3.8, 4) is 0 Å². The van der Waals surface area contributed by atoms with Crippen molar-refractivity contribution in [1.29, 1.82) is 0 Å². The maximum absolute atomic E-state index is 14.8. The van der Waals surface area contributed by atoms with Crippen LogP contribution >= 0.6 is 37.9 Å². The van der Waals surface area contributed by atoms with Crippen molar-refractivity contribution < 1.29 is 121 Å². The van der Waals surface area contributed by atoms with Crippen LogP contribution in [0, 0.1) is 5.92 Å². The number of nitrogens with two attached hydrogens (primary N) is 7. The Hall–Kier alpha value is -12.4. The molecule has 18 amide bonds. The average Bonchev–Trinajstić information content (AvgIpc) is 1.79. The van der Waals surface area contributed by atoms with E-state index in [1.807, 2.05) is 0 Å². The van der Waals surface area contributed by atoms with Crippen LogP contribution < -0.4 is 120 Å². The number of nitrogens with one attached hydrogen (secondary N) is 15. The first-order chi connectivity index (χ1) is 58.7. The first-order valence-electron chi connectivity index (χ1n) is 39.1. The van der Waals surface area contributed by atoms with Crippen LogP contribution in [-0.4, -0.2) is 308 Å². The fourth-order valence-electron chi connectivity index (χ4n) is 11.7. The summed E-state index contributed by atoms with van der Waals surface area (Å²) in [5.41, 5.74) is 38.8. The molecule has 1 saturated heterocycles. The van der Waals surface area contributed by atoms with Crippen LogP contribution in [0.1, 0.15) is 117 Å². The second kappa shape index (κ2) is 55.7. The molecule has 0 bridgehead atoms. The topological polar surface area (TPSA) is 830 Å². The van der Waals surface area contributed by atoms with Gasteiger partial charge in [-0.15, -0.1) is 0 Å². The lowest BCUT2D eigenvalue weighted by atomic mass is 10.0. The number of benzene rings is 1. The zero-order valence-corrected chi connectivity index (χ0v) is 71.8. The van der Waals surface area contributed by atoms with Crippen molar-refractivity contribution >= 4 is 174 Å². The summed E-state index contributed by atoms with van der Waals surface area (Å²) in [4.78, 5) is 290. The molecule has 33 N–H and O–H groups in total. The number of aliphatic carboxylic acids is 3. The second-order valence-corrected chi connectivity index (χ2v) is 30.2. The number of guanidine groups is 2. The van der Waals surface area contributed by atoms with E-state index in [-0.39, 0.29) is 100 Å². The Morgan fingerprint density at radius 1 is 0.424 bits per heavy atom. The molecular weight excluding hydrogens is 1710 g/mol. The number of amides is 18. The number of carbonyl (C=O) groups excluding carboxylic acids is 18. The van der Waals surface area contributed by atoms with Gasteiger partial charge in [0.25, 0.3) is 0 Å². The molecule has 53 heteroatoms. The number of carboxylic acids is 3. The molecule has 0 radical (unpaired) electrons. The summed E-state index contributed by atoms with van der Waals surface area (Å²) in [6, 6.07) is -18.6. The third-order valence-corrected chi connectivity index (χ3v) is 19.3. The van der Waals surface area contributed by atoms with Gasteiger partial charge in [0.05, 0.1) is 38.5 Å². The number of aliphatic imine (C=N–C) groups is 2. The number of hydrogen-bond acceptors (Lipinski definition) is 28. The molecule has 1 fully saturated rings. The van der Waals surface area contributed by atoms with Crippen molar-refractivity contribution in [2.24, 2.45) is 56.0 Å². The highest BCUT2D eigenvalue weighted by atomic mass is 32.1. The molecular formula is C72H115N25O25S3. The van der Waals surface area contributed by atoms with Crippen LogP contribution in [0.2, 0.25) is 0 Å². The highest BCUT2D eigenvalue weighted by Crippen LogP contribution is 2.20. The quantitative estimate of drug-likeness (QED) is 0.0125. The molecule has 0 unspecified atom stereocenters. The number of primary amides is 2. The number of aliphatic hydroxyl groups excluding tert-OH is 1. The summed E-state index contributed by atoms with van der Waals surface area (Å²) >= 11 is 12.3. The third kappa shape index (κ3) is 40.6. The lowest BCUT2D eigenvalue weighted by molar-refractivity contribution is -0.143. The van der Waals surface area contributed by atoms with E-state index in [4.69, 9.17) is 40.1 Å². The smallest absolute Gasteiger partial charge is 0.305 e. The number of rotatable bonds is 57. The maximum atomic E-state index is 14.8. The maximum Gasteiger partial charge on any atom is 0.305 e. The second-order valence-electron chi connectivity index (χ2n) is 29.1. The molecule has 16 atom stereocenters. The first-order valence-corrected chi connectivity index (χ1v) is 41.0. The molecule has 2 rings (SSSR count). The zero-order chi connectivity index (χ0) is 94.7. The average molecular weight is 1830 g/mol. The van der Waals surface area contributed by atoms with Gasteiger partial charge < -0.3 is 145 Å². The van der Waals surface area contributed by atoms with Gasteiger partial charge in [0.2, 0.25) is 106 Å². The molecule has 1 aliphatic heterocycles. The van der Waals surface area contributed by atoms with E-state index < -0.39 is 272 Å². The Morgan fingerprint density at radius 2 is 0.800 bits per heavy atom. The minimum atomic E-state index is -2.06. The number of aliphatic hydroxyl groups is 1. The van der Waals surface area contributed by atoms with Gasteiger partial charge in [0, 0.05) is 49.7 Å². The number of hydrogen-bond donors (Lipinski definition) is 29. The highest BCUT2D eigenvalue weighted by Gasteiger charge is 2.42. The largest absolute Gasteiger partial charge is 0.481 e. The molecule has 1 heterocycles. The highest BCUT2D eigenvalue weighted by molar-refractivity contribution is 7.80. The minimum Gasteiger partial charge on any atom is -0.481 e. The fraction of sp³-hybridized carbons (Fsp3) is 0.597. The number of carbonyl (C=O) groups is 21. The number of nitrogens with zero attached hydrogens (tertiary/aromatic N) is 3. The molecule has 0 aliphatic carbocycles. The van der Waals surface area contributed by atoms with Crippen molar-refractivity contribution in [3.05, 3.63) is 35.9 Å². The normalized spacial score (nSPS) is 15.7. The van der Waals surface area contributed by atoms with Crippen LogP contribution in [0.4, 0.5) is 0 Å². The molecule has 1 aromatic rings. The van der Waals surface area contributed by atoms with E-state index in [1.165, 1.54) is 6.92 Å². The van der Waals surface area contributed by atoms with Crippen molar-refractivity contribution in [2.45, 2.75) is 215 Å². The Labute approximate surface area is 733 Å². The Balaban J connectivity index is 2.48. The van der Waals surface area contributed by atoms with Gasteiger partial charge in [-0.05, 0) is 83.6 Å². The van der Waals surface area contributed by atoms with Gasteiger partial charge in [-0.3, -0.25) is 111 Å². The molecule has 1 aliphatic rings. The standard InChI is InChI=1S/C72H115N25O25S3/c1-32(2)22-40(62(114)95-46(29-123)58(110)82-27-51(75)100)88-56(108)34(4)83-59(111)39(17-18-52(101)102)87-65(117)43(25-53(103)104)89-57(109)35(5)84-69(121)49-16-11-21-97(49)70(122)48(31-125)96-64(116)42(24-50(74)99)91-61(113)38(15-10-20-81-72(78)79)85-63(115)41(23-36-12-7-6-8-13-36)90-60(112)37(14-9-19-80-71(76)77)86-66(118)44(26-54(105)106)92-67(119)45(28-98)93-68(120)47(30-124)94-55(107)33(3)73/h6-8,12-13,32-35,37-49,98,123-125H,9-11,14-31,73H2,1-5H3,(H2,74,99)(H2,75,100)(H,82,110)(H,83,111)(H,84,121)(H,85,115)(H,86,118)(H,87,117)(H,88,108)(H,89,109)(H,90,112)(H,91,113)(H,92,119)(H,93,120)(H,94,107)(H,95,114)(H,96,116)(H,101,102)(H,103,104)(H,105,106)(H4,76,77,80)(H4,78,79,81)/t33-,34-,35-,37-,38-,39-,40-,41-,42-,43-,44-,45-,46-,47-,48-,49-/m0/s1. The number of carboxylic acid groups (broad SMARTS) is 3. The number of likely N-dealkylation sites (tertiary alicyclic amines) is 1. The fourth-order valence-corrected chi connectivity index (χ4v) is 12.5. The summed E-state index contributed by atoms with van der Waals surface area (Å²) in [6.07, 6.45) is -6.10. The van der Waals surface area contributed by atoms with E-state index in [0.717, 1.165) is 18.7 Å². The first kappa shape index (κ1) is 109. The molecule has 1 aromatic carbocycles. The lowest BCUT2D eigenvalue weighted by Gasteiger charge is -2.30. The van der Waals surface area contributed by atoms with Crippen molar-refractivity contribution in [1.82, 2.24) is 84.7 Å². The molecule has 0 spiro atoms. The van der Waals surface area contributed by atoms with Gasteiger partial charge in [0.15, 0.2) is 11.9 Å². The Bertz CT molecular complexity index is 4050. The van der Waals surface area contributed by atoms with Crippen LogP contribution in [0.3, 0.4) is 0 Å². The van der Waals surface area contributed by atoms with Gasteiger partial charge >= 0.3 is 17.9 Å². The van der Waals surface area contributed by atoms with Gasteiger partial charge in [-0.1, -0.05) is 44.2 Å². The summed E-state index contributed by atoms with van der Waals surface area (Å²) in [6.45, 7) is 4.74. The van der Waals surface area contributed by atoms with E-state index >= 15 is 0 Å². The van der Waals surface area contributed by atoms with Crippen LogP contribution in [0.25, 0.3) is 0 Å². The third-order valence-electron chi connectivity index (χ3n) is 18.2. The van der Waals surface area contributed by atoms with Crippen LogP contribution in [0.15, 0.2) is 40.3 Å². The van der Waals surface area contributed by atoms with Crippen LogP contribution in [-0.2, 0) is 107 Å². The lowest BCUT2D eigenvalue weighted by Crippen LogP contribution is -2.61. The number of thiol groups is 3. The molecule has 125 heavy (non-hydrogen) atoms. The predicted molar refractivity (Wildman–Crippen MR) is 452 cm³/mol. The SMILES string of the molecule is CC(C)C[C@H](NC(=O)[C@H](C)NC(=O)[C@H](CCC(=O)O)NC(=O)[C@H](CC(=O)O)NC(=O)[C@H](C)NC(=O)[C@@H]1CCCN1C(=O)[C@H](CS)NC(=O)[C@H](CC(N)=O)NC(=O)[C@H](CCCN=C(N)N)NC(=O)[C@H](Cc1ccccc1)NC(=O)[C@H](CCCN=C(N)N)NC(=O)[C@H](CC(=O)O)NC(=O)[C@H](CO)NC(=O)[C@H](CS)NC(=O)[C@H](C)N)C(=O)N[C@@H](CS)C(=O)NCC(N)=O. The molecule has 0 saturated carbocycles. The van der Waals surface area contributed by atoms with Crippen LogP contribution in [0.5, 0.6) is 0 Å². The summed E-state index contributed by atoms with van der Waals surface area (Å²) < 4.78 is 0.